The van der Waals surface area contributed by atoms with Gasteiger partial charge < -0.3 is 10.2 Å². The molecule has 1 aromatic heterocycles. The van der Waals surface area contributed by atoms with Crippen molar-refractivity contribution in [1.82, 2.24) is 15.2 Å². The maximum Gasteiger partial charge on any atom is 0.0416 e. The van der Waals surface area contributed by atoms with E-state index in [2.05, 4.69) is 27.3 Å². The van der Waals surface area contributed by atoms with Crippen LogP contribution in [0.1, 0.15) is 5.69 Å². The van der Waals surface area contributed by atoms with E-state index in [0.29, 0.717) is 0 Å². The molecule has 15 heavy (non-hydrogen) atoms. The normalized spacial score (nSPS) is 17.1. The van der Waals surface area contributed by atoms with E-state index in [4.69, 9.17) is 0 Å². The van der Waals surface area contributed by atoms with Gasteiger partial charge in [0.2, 0.25) is 0 Å². The largest absolute Gasteiger partial charge is 0.314 e. The highest BCUT2D eigenvalue weighted by Crippen LogP contribution is 1.98. The fourth-order valence-electron chi connectivity index (χ4n) is 1.75. The molecule has 0 bridgehead atoms. The van der Waals surface area contributed by atoms with Crippen LogP contribution in [0.4, 0.5) is 0 Å². The summed E-state index contributed by atoms with van der Waals surface area (Å²) in [5, 5.41) is 3.36. The maximum absolute atomic E-state index is 4.32. The summed E-state index contributed by atoms with van der Waals surface area (Å²) in [5.41, 5.74) is 1.20. The number of nitrogens with one attached hydrogen (secondary N) is 1. The third-order valence-corrected chi connectivity index (χ3v) is 2.62. The van der Waals surface area contributed by atoms with Gasteiger partial charge in [0, 0.05) is 51.0 Å². The first kappa shape index (κ1) is 12.4. The summed E-state index contributed by atoms with van der Waals surface area (Å²) in [6, 6.07) is 6.12. The van der Waals surface area contributed by atoms with Crippen molar-refractivity contribution in [3.8, 4) is 0 Å². The molecule has 4 heteroatoms. The molecule has 0 amide bonds. The zero-order valence-corrected chi connectivity index (χ0v) is 9.67. The lowest BCUT2D eigenvalue weighted by Gasteiger charge is -2.26. The van der Waals surface area contributed by atoms with Gasteiger partial charge in [-0.1, -0.05) is 6.07 Å². The summed E-state index contributed by atoms with van der Waals surface area (Å²) in [5.74, 6) is 0. The van der Waals surface area contributed by atoms with Crippen LogP contribution in [0.5, 0.6) is 0 Å². The SMILES string of the molecule is Cl.c1ccc(CCN2CCNCC2)nc1. The highest BCUT2D eigenvalue weighted by atomic mass is 35.5. The summed E-state index contributed by atoms with van der Waals surface area (Å²) in [7, 11) is 0. The summed E-state index contributed by atoms with van der Waals surface area (Å²) in [4.78, 5) is 6.81. The molecular formula is C11H18ClN3. The lowest BCUT2D eigenvalue weighted by Crippen LogP contribution is -2.44. The van der Waals surface area contributed by atoms with Crippen LogP contribution >= 0.6 is 12.4 Å². The van der Waals surface area contributed by atoms with E-state index in [1.165, 1.54) is 18.8 Å². The van der Waals surface area contributed by atoms with Gasteiger partial charge in [-0.05, 0) is 12.1 Å². The average Bonchev–Trinajstić information content (AvgIpc) is 2.29. The Morgan fingerprint density at radius 3 is 2.73 bits per heavy atom. The molecule has 1 aromatic rings. The molecule has 0 aromatic carbocycles. The second-order valence-electron chi connectivity index (χ2n) is 3.66. The molecule has 1 saturated heterocycles. The average molecular weight is 228 g/mol. The monoisotopic (exact) mass is 227 g/mol. The van der Waals surface area contributed by atoms with E-state index in [0.717, 1.165) is 26.1 Å². The van der Waals surface area contributed by atoms with Crippen molar-refractivity contribution in [1.29, 1.82) is 0 Å². The predicted octanol–water partition coefficient (Wildman–Crippen LogP) is 0.951. The van der Waals surface area contributed by atoms with Crippen LogP contribution < -0.4 is 5.32 Å². The van der Waals surface area contributed by atoms with Gasteiger partial charge in [-0.3, -0.25) is 4.98 Å². The molecule has 0 saturated carbocycles. The fourth-order valence-corrected chi connectivity index (χ4v) is 1.75. The number of pyridine rings is 1. The van der Waals surface area contributed by atoms with Crippen LogP contribution in [0, 0.1) is 0 Å². The Hall–Kier alpha value is -0.640. The second kappa shape index (κ2) is 6.77. The number of hydrogen-bond donors (Lipinski definition) is 1. The molecule has 0 aliphatic carbocycles. The summed E-state index contributed by atoms with van der Waals surface area (Å²) in [6.45, 7) is 5.74. The molecule has 2 heterocycles. The minimum Gasteiger partial charge on any atom is -0.314 e. The van der Waals surface area contributed by atoms with Crippen molar-refractivity contribution in [2.75, 3.05) is 32.7 Å². The molecule has 1 aliphatic heterocycles. The number of hydrogen-bond acceptors (Lipinski definition) is 3. The number of nitrogens with zero attached hydrogens (tertiary/aromatic N) is 2. The maximum atomic E-state index is 4.32. The molecule has 0 spiro atoms. The van der Waals surface area contributed by atoms with Gasteiger partial charge in [0.05, 0.1) is 0 Å². The van der Waals surface area contributed by atoms with Gasteiger partial charge in [-0.15, -0.1) is 12.4 Å². The van der Waals surface area contributed by atoms with Crippen molar-refractivity contribution in [3.05, 3.63) is 30.1 Å². The van der Waals surface area contributed by atoms with Crippen molar-refractivity contribution < 1.29 is 0 Å². The zero-order valence-electron chi connectivity index (χ0n) is 8.85. The lowest BCUT2D eigenvalue weighted by molar-refractivity contribution is 0.243. The van der Waals surface area contributed by atoms with Gasteiger partial charge in [-0.2, -0.15) is 0 Å². The molecule has 0 atom stereocenters. The molecule has 2 rings (SSSR count). The van der Waals surface area contributed by atoms with Gasteiger partial charge in [-0.25, -0.2) is 0 Å². The molecule has 1 fully saturated rings. The van der Waals surface area contributed by atoms with Crippen molar-refractivity contribution in [3.63, 3.8) is 0 Å². The number of piperazine rings is 1. The first-order valence-corrected chi connectivity index (χ1v) is 5.28. The first-order valence-electron chi connectivity index (χ1n) is 5.28. The van der Waals surface area contributed by atoms with Crippen LogP contribution in [0.25, 0.3) is 0 Å². The van der Waals surface area contributed by atoms with Gasteiger partial charge in [0.1, 0.15) is 0 Å². The van der Waals surface area contributed by atoms with E-state index in [1.807, 2.05) is 12.3 Å². The smallest absolute Gasteiger partial charge is 0.0416 e. The topological polar surface area (TPSA) is 28.2 Å². The number of rotatable bonds is 3. The highest BCUT2D eigenvalue weighted by Gasteiger charge is 2.08. The van der Waals surface area contributed by atoms with E-state index < -0.39 is 0 Å². The fraction of sp³-hybridized carbons (Fsp3) is 0.545. The van der Waals surface area contributed by atoms with Crippen LogP contribution in [-0.2, 0) is 6.42 Å². The van der Waals surface area contributed by atoms with Crippen LogP contribution in [0.15, 0.2) is 24.4 Å². The van der Waals surface area contributed by atoms with Crippen molar-refractivity contribution in [2.24, 2.45) is 0 Å². The molecule has 0 unspecified atom stereocenters. The molecular weight excluding hydrogens is 210 g/mol. The summed E-state index contributed by atoms with van der Waals surface area (Å²) in [6.07, 6.45) is 2.94. The third kappa shape index (κ3) is 4.16. The van der Waals surface area contributed by atoms with Crippen molar-refractivity contribution in [2.45, 2.75) is 6.42 Å². The summed E-state index contributed by atoms with van der Waals surface area (Å²) < 4.78 is 0. The van der Waals surface area contributed by atoms with Crippen LogP contribution in [0.2, 0.25) is 0 Å². The highest BCUT2D eigenvalue weighted by molar-refractivity contribution is 5.85. The minimum atomic E-state index is 0. The Kier molecular flexibility index (Phi) is 5.61. The Labute approximate surface area is 97.3 Å². The standard InChI is InChI=1S/C11H17N3.ClH/c1-2-5-13-11(3-1)4-8-14-9-6-12-7-10-14;/h1-3,5,12H,4,6-10H2;1H. The van der Waals surface area contributed by atoms with Crippen molar-refractivity contribution >= 4 is 12.4 Å². The van der Waals surface area contributed by atoms with E-state index in [9.17, 15) is 0 Å². The lowest BCUT2D eigenvalue weighted by atomic mass is 10.2. The molecule has 1 N–H and O–H groups in total. The first-order chi connectivity index (χ1) is 6.95. The van der Waals surface area contributed by atoms with E-state index in [-0.39, 0.29) is 12.4 Å². The Balaban J connectivity index is 0.00000112. The predicted molar refractivity (Wildman–Crippen MR) is 64.5 cm³/mol. The third-order valence-electron chi connectivity index (χ3n) is 2.62. The summed E-state index contributed by atoms with van der Waals surface area (Å²) >= 11 is 0. The molecule has 84 valence electrons. The number of halogens is 1. The van der Waals surface area contributed by atoms with E-state index in [1.54, 1.807) is 0 Å². The molecule has 1 aliphatic rings. The Bertz CT molecular complexity index is 260. The molecule has 3 nitrogen and oxygen atoms in total. The van der Waals surface area contributed by atoms with Gasteiger partial charge in [0.25, 0.3) is 0 Å². The van der Waals surface area contributed by atoms with Crippen LogP contribution in [-0.4, -0.2) is 42.6 Å². The van der Waals surface area contributed by atoms with E-state index >= 15 is 0 Å². The second-order valence-corrected chi connectivity index (χ2v) is 3.66. The van der Waals surface area contributed by atoms with Crippen LogP contribution in [0.3, 0.4) is 0 Å². The minimum absolute atomic E-state index is 0. The van der Waals surface area contributed by atoms with Gasteiger partial charge >= 0.3 is 0 Å². The number of aromatic nitrogens is 1. The Morgan fingerprint density at radius 2 is 2.07 bits per heavy atom. The quantitative estimate of drug-likeness (QED) is 0.834. The van der Waals surface area contributed by atoms with Gasteiger partial charge in [0.15, 0.2) is 0 Å². The zero-order chi connectivity index (χ0) is 9.64. The Morgan fingerprint density at radius 1 is 1.27 bits per heavy atom. The molecule has 0 radical (unpaired) electrons.